The van der Waals surface area contributed by atoms with Gasteiger partial charge in [0.2, 0.25) is 0 Å². The highest BCUT2D eigenvalue weighted by Crippen LogP contribution is 2.12. The van der Waals surface area contributed by atoms with Gasteiger partial charge in [-0.25, -0.2) is 4.79 Å². The number of unbranched alkanes of at least 4 members (excludes halogenated alkanes) is 3. The molecule has 9 nitrogen and oxygen atoms in total. The van der Waals surface area contributed by atoms with Crippen molar-refractivity contribution in [3.05, 3.63) is 11.9 Å². The Balaban J connectivity index is 2.06. The highest BCUT2D eigenvalue weighted by atomic mass is 16.5. The molecule has 1 rings (SSSR count). The molecule has 1 heterocycles. The fraction of sp³-hybridized carbons (Fsp3) is 0.762. The SMILES string of the molecule is CCCC(C)C(=O)CCCCCN1C=C(COC(=O)NCCCCC(N)C=O)NN1. The molecule has 0 aromatic carbocycles. The van der Waals surface area contributed by atoms with Crippen molar-refractivity contribution in [3.8, 4) is 0 Å². The maximum Gasteiger partial charge on any atom is 0.407 e. The van der Waals surface area contributed by atoms with Crippen LogP contribution < -0.4 is 22.0 Å². The van der Waals surface area contributed by atoms with Crippen molar-refractivity contribution in [2.75, 3.05) is 19.7 Å². The number of carbonyl (C=O) groups excluding carboxylic acids is 3. The van der Waals surface area contributed by atoms with Gasteiger partial charge in [0.05, 0.1) is 11.7 Å². The summed E-state index contributed by atoms with van der Waals surface area (Å²) < 4.78 is 5.17. The number of rotatable bonds is 17. The van der Waals surface area contributed by atoms with Gasteiger partial charge in [0.1, 0.15) is 18.7 Å². The number of amides is 1. The van der Waals surface area contributed by atoms with E-state index in [-0.39, 0.29) is 12.5 Å². The van der Waals surface area contributed by atoms with E-state index in [1.165, 1.54) is 0 Å². The average molecular weight is 426 g/mol. The summed E-state index contributed by atoms with van der Waals surface area (Å²) in [6, 6.07) is -0.426. The van der Waals surface area contributed by atoms with E-state index in [0.717, 1.165) is 63.5 Å². The molecule has 0 saturated carbocycles. The third-order valence-electron chi connectivity index (χ3n) is 5.03. The summed E-state index contributed by atoms with van der Waals surface area (Å²) in [5.41, 5.74) is 12.3. The minimum atomic E-state index is -0.474. The number of nitrogens with zero attached hydrogens (tertiary/aromatic N) is 1. The molecule has 30 heavy (non-hydrogen) atoms. The first-order valence-electron chi connectivity index (χ1n) is 11.1. The third-order valence-corrected chi connectivity index (χ3v) is 5.03. The van der Waals surface area contributed by atoms with Gasteiger partial charge in [-0.3, -0.25) is 9.80 Å². The molecule has 0 aromatic heterocycles. The highest BCUT2D eigenvalue weighted by Gasteiger charge is 2.14. The first-order valence-corrected chi connectivity index (χ1v) is 11.1. The summed E-state index contributed by atoms with van der Waals surface area (Å²) in [6.45, 7) is 5.57. The van der Waals surface area contributed by atoms with E-state index in [1.807, 2.05) is 18.1 Å². The Morgan fingerprint density at radius 1 is 1.23 bits per heavy atom. The number of hydrogen-bond donors (Lipinski definition) is 4. The molecule has 1 aliphatic heterocycles. The Kier molecular flexibility index (Phi) is 13.5. The number of ketones is 1. The summed E-state index contributed by atoms with van der Waals surface area (Å²) in [5.74, 6) is 0.558. The van der Waals surface area contributed by atoms with Gasteiger partial charge in [-0.15, -0.1) is 5.53 Å². The second kappa shape index (κ2) is 15.7. The lowest BCUT2D eigenvalue weighted by molar-refractivity contribution is -0.122. The summed E-state index contributed by atoms with van der Waals surface area (Å²) >= 11 is 0. The van der Waals surface area contributed by atoms with Crippen LogP contribution in [0.1, 0.15) is 71.6 Å². The Hall–Kier alpha value is -2.13. The molecule has 0 spiro atoms. The van der Waals surface area contributed by atoms with Crippen LogP contribution in [-0.2, 0) is 14.3 Å². The van der Waals surface area contributed by atoms with E-state index in [2.05, 4.69) is 23.2 Å². The van der Waals surface area contributed by atoms with Crippen molar-refractivity contribution in [1.29, 1.82) is 0 Å². The zero-order chi connectivity index (χ0) is 22.2. The molecule has 0 fully saturated rings. The van der Waals surface area contributed by atoms with Gasteiger partial charge in [-0.05, 0) is 38.5 Å². The van der Waals surface area contributed by atoms with Crippen LogP contribution in [0, 0.1) is 5.92 Å². The number of nitrogens with two attached hydrogens (primary N) is 1. The van der Waals surface area contributed by atoms with Crippen LogP contribution in [0.2, 0.25) is 0 Å². The third kappa shape index (κ3) is 11.8. The van der Waals surface area contributed by atoms with E-state index in [1.54, 1.807) is 0 Å². The molecule has 0 bridgehead atoms. The smallest absolute Gasteiger partial charge is 0.407 e. The van der Waals surface area contributed by atoms with E-state index in [0.29, 0.717) is 25.2 Å². The van der Waals surface area contributed by atoms with Crippen LogP contribution in [0.5, 0.6) is 0 Å². The lowest BCUT2D eigenvalue weighted by atomic mass is 9.97. The fourth-order valence-electron chi connectivity index (χ4n) is 3.15. The molecule has 0 aliphatic carbocycles. The first-order chi connectivity index (χ1) is 14.5. The fourth-order valence-corrected chi connectivity index (χ4v) is 3.15. The zero-order valence-corrected chi connectivity index (χ0v) is 18.5. The van der Waals surface area contributed by atoms with Crippen LogP contribution in [0.3, 0.4) is 0 Å². The van der Waals surface area contributed by atoms with Crippen LogP contribution in [-0.4, -0.2) is 48.9 Å². The molecule has 172 valence electrons. The Morgan fingerprint density at radius 2 is 2.03 bits per heavy atom. The quantitative estimate of drug-likeness (QED) is 0.206. The Labute approximate surface area is 180 Å². The van der Waals surface area contributed by atoms with Gasteiger partial charge in [0.25, 0.3) is 0 Å². The van der Waals surface area contributed by atoms with Crippen LogP contribution in [0.25, 0.3) is 0 Å². The second-order valence-corrected chi connectivity index (χ2v) is 7.85. The number of ether oxygens (including phenoxy) is 1. The second-order valence-electron chi connectivity index (χ2n) is 7.85. The largest absolute Gasteiger partial charge is 0.443 e. The van der Waals surface area contributed by atoms with Gasteiger partial charge in [0.15, 0.2) is 0 Å². The van der Waals surface area contributed by atoms with Crippen LogP contribution in [0.4, 0.5) is 4.79 Å². The number of alkyl carbamates (subject to hydrolysis) is 1. The van der Waals surface area contributed by atoms with Gasteiger partial charge in [0, 0.05) is 31.6 Å². The topological polar surface area (TPSA) is 126 Å². The average Bonchev–Trinajstić information content (AvgIpc) is 3.19. The molecule has 0 aromatic rings. The van der Waals surface area contributed by atoms with Crippen molar-refractivity contribution in [2.45, 2.75) is 77.7 Å². The number of nitrogens with one attached hydrogen (secondary N) is 3. The van der Waals surface area contributed by atoms with Crippen LogP contribution >= 0.6 is 0 Å². The number of aldehydes is 1. The minimum Gasteiger partial charge on any atom is -0.443 e. The molecule has 0 radical (unpaired) electrons. The molecule has 9 heteroatoms. The molecule has 2 unspecified atom stereocenters. The van der Waals surface area contributed by atoms with Crippen molar-refractivity contribution >= 4 is 18.2 Å². The monoisotopic (exact) mass is 425 g/mol. The van der Waals surface area contributed by atoms with Gasteiger partial charge in [-0.1, -0.05) is 26.7 Å². The van der Waals surface area contributed by atoms with Crippen molar-refractivity contribution in [3.63, 3.8) is 0 Å². The van der Waals surface area contributed by atoms with Crippen molar-refractivity contribution in [1.82, 2.24) is 21.3 Å². The minimum absolute atomic E-state index is 0.148. The normalized spacial score (nSPS) is 15.2. The Bertz CT molecular complexity index is 556. The predicted octanol–water partition coefficient (Wildman–Crippen LogP) is 2.14. The van der Waals surface area contributed by atoms with E-state index >= 15 is 0 Å². The number of hydrogen-bond acceptors (Lipinski definition) is 8. The van der Waals surface area contributed by atoms with Gasteiger partial charge >= 0.3 is 6.09 Å². The molecule has 1 aliphatic rings. The number of hydrazine groups is 2. The summed E-state index contributed by atoms with van der Waals surface area (Å²) in [7, 11) is 0. The zero-order valence-electron chi connectivity index (χ0n) is 18.5. The summed E-state index contributed by atoms with van der Waals surface area (Å²) in [6.07, 6.45) is 9.88. The standard InChI is InChI=1S/C21H39N5O4/c1-3-9-17(2)20(28)11-5-4-8-13-26-14-19(24-25-26)16-30-21(29)23-12-7-6-10-18(22)15-27/h14-15,17-18,24-25H,3-13,16,22H2,1-2H3,(H,23,29). The molecule has 0 saturated heterocycles. The summed E-state index contributed by atoms with van der Waals surface area (Å²) in [5, 5.41) is 4.59. The Morgan fingerprint density at radius 3 is 2.77 bits per heavy atom. The van der Waals surface area contributed by atoms with Crippen LogP contribution in [0.15, 0.2) is 11.9 Å². The molecule has 2 atom stereocenters. The van der Waals surface area contributed by atoms with Gasteiger partial charge < -0.3 is 26.0 Å². The predicted molar refractivity (Wildman–Crippen MR) is 116 cm³/mol. The molecule has 1 amide bonds. The van der Waals surface area contributed by atoms with E-state index in [4.69, 9.17) is 10.5 Å². The maximum absolute atomic E-state index is 12.0. The van der Waals surface area contributed by atoms with E-state index in [9.17, 15) is 14.4 Å². The van der Waals surface area contributed by atoms with E-state index < -0.39 is 12.1 Å². The lowest BCUT2D eigenvalue weighted by Crippen LogP contribution is -2.37. The first kappa shape index (κ1) is 25.9. The number of Topliss-reactive ketones (excluding diaryl/α,β-unsaturated/α-hetero) is 1. The summed E-state index contributed by atoms with van der Waals surface area (Å²) in [4.78, 5) is 34.1. The number of carbonyl (C=O) groups is 3. The molecular formula is C21H39N5O4. The van der Waals surface area contributed by atoms with Crippen molar-refractivity contribution in [2.24, 2.45) is 11.7 Å². The highest BCUT2D eigenvalue weighted by molar-refractivity contribution is 5.80. The lowest BCUT2D eigenvalue weighted by Gasteiger charge is -2.14. The van der Waals surface area contributed by atoms with Crippen molar-refractivity contribution < 1.29 is 19.1 Å². The molecule has 5 N–H and O–H groups in total. The maximum atomic E-state index is 12.0. The van der Waals surface area contributed by atoms with Gasteiger partial charge in [-0.2, -0.15) is 0 Å². The molecular weight excluding hydrogens is 386 g/mol.